The van der Waals surface area contributed by atoms with Gasteiger partial charge in [-0.2, -0.15) is 0 Å². The van der Waals surface area contributed by atoms with Crippen molar-refractivity contribution in [1.29, 1.82) is 0 Å². The van der Waals surface area contributed by atoms with Crippen LogP contribution in [-0.2, 0) is 6.54 Å². The zero-order valence-corrected chi connectivity index (χ0v) is 14.0. The Labute approximate surface area is 148 Å². The van der Waals surface area contributed by atoms with Gasteiger partial charge in [-0.25, -0.2) is 14.4 Å². The largest absolute Gasteiger partial charge is 0.507 e. The molecule has 2 aromatic carbocycles. The van der Waals surface area contributed by atoms with E-state index in [1.54, 1.807) is 6.33 Å². The molecule has 0 saturated carbocycles. The summed E-state index contributed by atoms with van der Waals surface area (Å²) in [5, 5.41) is 10.2. The molecule has 0 fully saturated rings. The standard InChI is InChI=1S/C19H16FN5O/c1-2-25-10-23-14-7-11(3-5-15(14)25)18-19(24-17(21)9-22-18)13-8-12(20)4-6-16(13)26/h3-10,26H,2H2,1H3,(H2,21,24). The number of phenols is 1. The van der Waals surface area contributed by atoms with Crippen molar-refractivity contribution in [2.24, 2.45) is 0 Å². The number of imidazole rings is 1. The van der Waals surface area contributed by atoms with E-state index in [0.29, 0.717) is 11.4 Å². The first kappa shape index (κ1) is 16.0. The Hall–Kier alpha value is -3.48. The molecule has 0 spiro atoms. The number of anilines is 1. The van der Waals surface area contributed by atoms with Gasteiger partial charge in [0.2, 0.25) is 0 Å². The topological polar surface area (TPSA) is 89.9 Å². The van der Waals surface area contributed by atoms with Crippen LogP contribution in [0.5, 0.6) is 5.75 Å². The molecule has 0 aliphatic carbocycles. The second kappa shape index (κ2) is 6.11. The number of nitrogen functional groups attached to an aromatic ring is 1. The van der Waals surface area contributed by atoms with E-state index in [4.69, 9.17) is 5.73 Å². The molecule has 4 rings (SSSR count). The van der Waals surface area contributed by atoms with E-state index in [1.807, 2.05) is 29.7 Å². The molecule has 0 saturated heterocycles. The van der Waals surface area contributed by atoms with Crippen molar-refractivity contribution in [3.63, 3.8) is 0 Å². The molecule has 7 heteroatoms. The predicted octanol–water partition coefficient (Wildman–Crippen LogP) is 3.61. The summed E-state index contributed by atoms with van der Waals surface area (Å²) in [4.78, 5) is 13.1. The van der Waals surface area contributed by atoms with Crippen molar-refractivity contribution in [2.45, 2.75) is 13.5 Å². The maximum Gasteiger partial charge on any atom is 0.142 e. The molecule has 4 aromatic rings. The van der Waals surface area contributed by atoms with Gasteiger partial charge in [0.1, 0.15) is 23.1 Å². The molecule has 0 aliphatic rings. The van der Waals surface area contributed by atoms with Crippen LogP contribution in [0.2, 0.25) is 0 Å². The Kier molecular flexibility index (Phi) is 3.76. The number of nitrogens with two attached hydrogens (primary N) is 1. The number of phenolic OH excluding ortho intramolecular Hbond substituents is 1. The van der Waals surface area contributed by atoms with Gasteiger partial charge in [0.25, 0.3) is 0 Å². The molecule has 26 heavy (non-hydrogen) atoms. The van der Waals surface area contributed by atoms with Gasteiger partial charge in [-0.15, -0.1) is 0 Å². The fraction of sp³-hybridized carbons (Fsp3) is 0.105. The summed E-state index contributed by atoms with van der Waals surface area (Å²) in [6.07, 6.45) is 3.21. The highest BCUT2D eigenvalue weighted by molar-refractivity contribution is 5.87. The lowest BCUT2D eigenvalue weighted by atomic mass is 10.0. The Bertz CT molecular complexity index is 1120. The molecule has 3 N–H and O–H groups in total. The van der Waals surface area contributed by atoms with E-state index in [9.17, 15) is 9.50 Å². The molecule has 0 radical (unpaired) electrons. The Morgan fingerprint density at radius 3 is 2.77 bits per heavy atom. The van der Waals surface area contributed by atoms with E-state index in [0.717, 1.165) is 23.1 Å². The van der Waals surface area contributed by atoms with Crippen molar-refractivity contribution >= 4 is 16.9 Å². The van der Waals surface area contributed by atoms with Crippen LogP contribution in [0.3, 0.4) is 0 Å². The number of aromatic nitrogens is 4. The van der Waals surface area contributed by atoms with Crippen LogP contribution in [0, 0.1) is 5.82 Å². The Balaban J connectivity index is 1.94. The van der Waals surface area contributed by atoms with E-state index in [1.165, 1.54) is 24.4 Å². The predicted molar refractivity (Wildman–Crippen MR) is 97.9 cm³/mol. The summed E-state index contributed by atoms with van der Waals surface area (Å²) in [7, 11) is 0. The zero-order chi connectivity index (χ0) is 18.3. The van der Waals surface area contributed by atoms with Crippen LogP contribution in [0.15, 0.2) is 48.9 Å². The second-order valence-corrected chi connectivity index (χ2v) is 5.89. The Morgan fingerprint density at radius 1 is 1.12 bits per heavy atom. The third kappa shape index (κ3) is 2.63. The lowest BCUT2D eigenvalue weighted by Crippen LogP contribution is -1.99. The molecule has 0 amide bonds. The quantitative estimate of drug-likeness (QED) is 0.590. The van der Waals surface area contributed by atoms with Gasteiger partial charge in [0, 0.05) is 17.7 Å². The molecule has 130 valence electrons. The minimum absolute atomic E-state index is 0.0936. The van der Waals surface area contributed by atoms with Crippen LogP contribution in [0.25, 0.3) is 33.5 Å². The van der Waals surface area contributed by atoms with Crippen molar-refractivity contribution < 1.29 is 9.50 Å². The molecule has 0 bridgehead atoms. The summed E-state index contributed by atoms with van der Waals surface area (Å²) in [6.45, 7) is 2.87. The third-order valence-electron chi connectivity index (χ3n) is 4.24. The molecule has 0 aliphatic heterocycles. The normalized spacial score (nSPS) is 11.2. The smallest absolute Gasteiger partial charge is 0.142 e. The number of fused-ring (bicyclic) bond motifs is 1. The first-order valence-electron chi connectivity index (χ1n) is 8.13. The number of nitrogens with zero attached hydrogens (tertiary/aromatic N) is 4. The highest BCUT2D eigenvalue weighted by Crippen LogP contribution is 2.35. The fourth-order valence-corrected chi connectivity index (χ4v) is 2.96. The van der Waals surface area contributed by atoms with Crippen molar-refractivity contribution in [2.75, 3.05) is 5.73 Å². The van der Waals surface area contributed by atoms with Gasteiger partial charge in [0.15, 0.2) is 0 Å². The highest BCUT2D eigenvalue weighted by atomic mass is 19.1. The average molecular weight is 349 g/mol. The number of hydrogen-bond donors (Lipinski definition) is 2. The summed E-state index contributed by atoms with van der Waals surface area (Å²) in [6, 6.07) is 9.42. The van der Waals surface area contributed by atoms with E-state index < -0.39 is 5.82 Å². The SMILES string of the molecule is CCn1cnc2cc(-c3ncc(N)nc3-c3cc(F)ccc3O)ccc21. The molecule has 0 unspecified atom stereocenters. The third-order valence-corrected chi connectivity index (χ3v) is 4.24. The minimum Gasteiger partial charge on any atom is -0.507 e. The van der Waals surface area contributed by atoms with Gasteiger partial charge in [-0.1, -0.05) is 6.07 Å². The van der Waals surface area contributed by atoms with E-state index >= 15 is 0 Å². The van der Waals surface area contributed by atoms with Gasteiger partial charge >= 0.3 is 0 Å². The van der Waals surface area contributed by atoms with Crippen LogP contribution in [-0.4, -0.2) is 24.6 Å². The fourth-order valence-electron chi connectivity index (χ4n) is 2.96. The summed E-state index contributed by atoms with van der Waals surface area (Å²) in [5.74, 6) is -0.391. The zero-order valence-electron chi connectivity index (χ0n) is 14.0. The molecule has 2 aromatic heterocycles. The summed E-state index contributed by atoms with van der Waals surface area (Å²) < 4.78 is 15.7. The lowest BCUT2D eigenvalue weighted by molar-refractivity contribution is 0.475. The van der Waals surface area contributed by atoms with Crippen LogP contribution in [0.1, 0.15) is 6.92 Å². The van der Waals surface area contributed by atoms with Crippen molar-refractivity contribution in [3.05, 3.63) is 54.7 Å². The van der Waals surface area contributed by atoms with Gasteiger partial charge in [-0.05, 0) is 37.3 Å². The van der Waals surface area contributed by atoms with Crippen LogP contribution in [0.4, 0.5) is 10.2 Å². The molecule has 6 nitrogen and oxygen atoms in total. The first-order valence-corrected chi connectivity index (χ1v) is 8.13. The van der Waals surface area contributed by atoms with E-state index in [2.05, 4.69) is 15.0 Å². The lowest BCUT2D eigenvalue weighted by Gasteiger charge is -2.11. The monoisotopic (exact) mass is 349 g/mol. The molecule has 2 heterocycles. The summed E-state index contributed by atoms with van der Waals surface area (Å²) in [5.41, 5.74) is 9.40. The number of halogens is 1. The number of benzene rings is 2. The van der Waals surface area contributed by atoms with E-state index in [-0.39, 0.29) is 17.1 Å². The molecular weight excluding hydrogens is 333 g/mol. The van der Waals surface area contributed by atoms with Gasteiger partial charge < -0.3 is 15.4 Å². The van der Waals surface area contributed by atoms with Crippen LogP contribution < -0.4 is 5.73 Å². The van der Waals surface area contributed by atoms with Gasteiger partial charge in [-0.3, -0.25) is 4.98 Å². The molecule has 0 atom stereocenters. The first-order chi connectivity index (χ1) is 12.6. The highest BCUT2D eigenvalue weighted by Gasteiger charge is 2.16. The number of aryl methyl sites for hydroxylation is 1. The average Bonchev–Trinajstić information content (AvgIpc) is 3.06. The van der Waals surface area contributed by atoms with Crippen LogP contribution >= 0.6 is 0 Å². The minimum atomic E-state index is -0.481. The second-order valence-electron chi connectivity index (χ2n) is 5.89. The number of aromatic hydroxyl groups is 1. The van der Waals surface area contributed by atoms with Crippen molar-refractivity contribution in [3.8, 4) is 28.3 Å². The van der Waals surface area contributed by atoms with Crippen molar-refractivity contribution in [1.82, 2.24) is 19.5 Å². The maximum absolute atomic E-state index is 13.7. The van der Waals surface area contributed by atoms with Gasteiger partial charge in [0.05, 0.1) is 29.3 Å². The Morgan fingerprint density at radius 2 is 1.96 bits per heavy atom. The number of hydrogen-bond acceptors (Lipinski definition) is 5. The molecular formula is C19H16FN5O. The number of rotatable bonds is 3. The summed E-state index contributed by atoms with van der Waals surface area (Å²) >= 11 is 0. The maximum atomic E-state index is 13.7.